The lowest BCUT2D eigenvalue weighted by molar-refractivity contribution is 0.0531. The summed E-state index contributed by atoms with van der Waals surface area (Å²) in [6.45, 7) is 3.10. The highest BCUT2D eigenvalue weighted by molar-refractivity contribution is 7.93. The second-order valence-corrected chi connectivity index (χ2v) is 11.6. The highest BCUT2D eigenvalue weighted by atomic mass is 32.2. The molecule has 1 saturated heterocycles. The third kappa shape index (κ3) is 3.83. The van der Waals surface area contributed by atoms with E-state index in [0.717, 1.165) is 0 Å². The summed E-state index contributed by atoms with van der Waals surface area (Å²) >= 11 is 0. The van der Waals surface area contributed by atoms with Gasteiger partial charge in [0.2, 0.25) is 0 Å². The second-order valence-electron chi connectivity index (χ2n) is 9.13. The van der Waals surface area contributed by atoms with Crippen LogP contribution in [-0.4, -0.2) is 61.6 Å². The lowest BCUT2D eigenvalue weighted by Gasteiger charge is -2.45. The predicted octanol–water partition coefficient (Wildman–Crippen LogP) is 2.40. The van der Waals surface area contributed by atoms with Gasteiger partial charge in [-0.25, -0.2) is 17.2 Å². The molecule has 0 amide bonds. The standard InChI is InChI=1S/C23H25F2N5O3S/c1-23(13-29(2)14-23)34(31,32)17-5-3-15(4-6-17)18-7-8-19(22(25)21(18)24)20-11-16(33-27-20)12-30-10-9-26-28-30/h3-10,16,26,28H,11-14H2,1-2H3/t16-/m1/s1. The Hall–Kier alpha value is -3.02. The molecule has 0 saturated carbocycles. The molecule has 34 heavy (non-hydrogen) atoms. The Kier molecular flexibility index (Phi) is 5.58. The average Bonchev–Trinajstić information content (AvgIpc) is 3.47. The van der Waals surface area contributed by atoms with Crippen molar-refractivity contribution in [3.63, 3.8) is 0 Å². The molecule has 2 aromatic rings. The molecule has 2 N–H and O–H groups in total. The molecule has 1 fully saturated rings. The number of hydrogen-bond donors (Lipinski definition) is 2. The van der Waals surface area contributed by atoms with Crippen LogP contribution in [0.1, 0.15) is 18.9 Å². The van der Waals surface area contributed by atoms with E-state index < -0.39 is 26.2 Å². The minimum atomic E-state index is -3.54. The lowest BCUT2D eigenvalue weighted by Crippen LogP contribution is -2.62. The predicted molar refractivity (Wildman–Crippen MR) is 123 cm³/mol. The third-order valence-corrected chi connectivity index (χ3v) is 8.85. The Morgan fingerprint density at radius 2 is 1.79 bits per heavy atom. The van der Waals surface area contributed by atoms with E-state index in [4.69, 9.17) is 4.84 Å². The van der Waals surface area contributed by atoms with Gasteiger partial charge in [-0.2, -0.15) is 0 Å². The Morgan fingerprint density at radius 3 is 2.44 bits per heavy atom. The fourth-order valence-electron chi connectivity index (χ4n) is 4.65. The van der Waals surface area contributed by atoms with Gasteiger partial charge in [-0.1, -0.05) is 23.4 Å². The Bertz CT molecular complexity index is 1270. The average molecular weight is 490 g/mol. The quantitative estimate of drug-likeness (QED) is 0.645. The van der Waals surface area contributed by atoms with E-state index in [9.17, 15) is 12.8 Å². The first-order valence-corrected chi connectivity index (χ1v) is 12.4. The maximum Gasteiger partial charge on any atom is 0.186 e. The summed E-state index contributed by atoms with van der Waals surface area (Å²) in [5, 5.41) is 5.72. The second kappa shape index (κ2) is 8.33. The van der Waals surface area contributed by atoms with E-state index in [-0.39, 0.29) is 22.1 Å². The molecule has 0 spiro atoms. The van der Waals surface area contributed by atoms with Crippen molar-refractivity contribution in [2.75, 3.05) is 26.7 Å². The van der Waals surface area contributed by atoms with E-state index in [1.54, 1.807) is 24.3 Å². The van der Waals surface area contributed by atoms with Gasteiger partial charge in [0.25, 0.3) is 0 Å². The zero-order chi connectivity index (χ0) is 24.1. The molecule has 11 heteroatoms. The summed E-state index contributed by atoms with van der Waals surface area (Å²) in [4.78, 5) is 7.49. The number of oxime groups is 1. The molecular weight excluding hydrogens is 464 g/mol. The molecule has 0 bridgehead atoms. The van der Waals surface area contributed by atoms with E-state index >= 15 is 4.39 Å². The highest BCUT2D eigenvalue weighted by Gasteiger charge is 2.48. The number of halogens is 2. The first kappa shape index (κ1) is 22.8. The molecule has 0 unspecified atom stereocenters. The monoisotopic (exact) mass is 489 g/mol. The summed E-state index contributed by atoms with van der Waals surface area (Å²) in [6, 6.07) is 8.87. The largest absolute Gasteiger partial charge is 0.390 e. The smallest absolute Gasteiger partial charge is 0.186 e. The van der Waals surface area contributed by atoms with Crippen molar-refractivity contribution in [1.29, 1.82) is 0 Å². The van der Waals surface area contributed by atoms with Crippen LogP contribution in [0.15, 0.2) is 58.8 Å². The SMILES string of the molecule is CN1CC(C)(S(=O)(=O)c2ccc(-c3ccc(C4=NO[C@@H](CN5C=CNN5)C4)c(F)c3F)cc2)C1. The van der Waals surface area contributed by atoms with Crippen molar-refractivity contribution < 1.29 is 22.0 Å². The zero-order valence-corrected chi connectivity index (χ0v) is 19.6. The van der Waals surface area contributed by atoms with Crippen LogP contribution in [0.25, 0.3) is 11.1 Å². The van der Waals surface area contributed by atoms with E-state index in [2.05, 4.69) is 16.1 Å². The molecule has 3 aliphatic rings. The molecule has 5 rings (SSSR count). The van der Waals surface area contributed by atoms with Crippen molar-refractivity contribution in [1.82, 2.24) is 20.9 Å². The molecule has 8 nitrogen and oxygen atoms in total. The van der Waals surface area contributed by atoms with Crippen LogP contribution in [-0.2, 0) is 14.7 Å². The van der Waals surface area contributed by atoms with Crippen LogP contribution < -0.4 is 11.0 Å². The van der Waals surface area contributed by atoms with Crippen molar-refractivity contribution in [3.05, 3.63) is 66.0 Å². The van der Waals surface area contributed by atoms with Crippen LogP contribution in [0.3, 0.4) is 0 Å². The molecule has 2 aromatic carbocycles. The van der Waals surface area contributed by atoms with Gasteiger partial charge in [0.05, 0.1) is 21.9 Å². The van der Waals surface area contributed by atoms with Crippen molar-refractivity contribution in [2.45, 2.75) is 29.1 Å². The molecule has 1 atom stereocenters. The molecule has 0 aromatic heterocycles. The summed E-state index contributed by atoms with van der Waals surface area (Å²) in [5.41, 5.74) is 6.52. The maximum absolute atomic E-state index is 15.0. The first-order valence-electron chi connectivity index (χ1n) is 10.9. The van der Waals surface area contributed by atoms with E-state index in [1.165, 1.54) is 36.4 Å². The number of nitrogens with one attached hydrogen (secondary N) is 2. The maximum atomic E-state index is 15.0. The third-order valence-electron chi connectivity index (χ3n) is 6.41. The van der Waals surface area contributed by atoms with Crippen molar-refractivity contribution >= 4 is 15.5 Å². The number of nitrogens with zero attached hydrogens (tertiary/aromatic N) is 3. The van der Waals surface area contributed by atoms with Crippen molar-refractivity contribution in [2.24, 2.45) is 5.16 Å². The minimum Gasteiger partial charge on any atom is -0.390 e. The fraction of sp³-hybridized carbons (Fsp3) is 0.348. The molecule has 3 aliphatic heterocycles. The van der Waals surface area contributed by atoms with Gasteiger partial charge in [0.1, 0.15) is 0 Å². The molecule has 3 heterocycles. The van der Waals surface area contributed by atoms with E-state index in [1.807, 2.05) is 11.9 Å². The summed E-state index contributed by atoms with van der Waals surface area (Å²) in [5.74, 6) is -2.02. The van der Waals surface area contributed by atoms with Gasteiger partial charge >= 0.3 is 0 Å². The topological polar surface area (TPSA) is 86.3 Å². The van der Waals surface area contributed by atoms with Gasteiger partial charge in [0.15, 0.2) is 27.6 Å². The van der Waals surface area contributed by atoms with Crippen LogP contribution in [0.5, 0.6) is 0 Å². The molecule has 0 aliphatic carbocycles. The molecule has 180 valence electrons. The lowest BCUT2D eigenvalue weighted by atomic mass is 9.98. The van der Waals surface area contributed by atoms with Gasteiger partial charge in [0, 0.05) is 43.0 Å². The van der Waals surface area contributed by atoms with Gasteiger partial charge < -0.3 is 15.2 Å². The fourth-order valence-corrected chi connectivity index (χ4v) is 6.50. The first-order chi connectivity index (χ1) is 16.2. The number of sulfone groups is 1. The van der Waals surface area contributed by atoms with Gasteiger partial charge in [-0.3, -0.25) is 5.01 Å². The number of rotatable bonds is 6. The zero-order valence-electron chi connectivity index (χ0n) is 18.8. The summed E-state index contributed by atoms with van der Waals surface area (Å²) in [6.07, 6.45) is 3.54. The van der Waals surface area contributed by atoms with Crippen molar-refractivity contribution in [3.8, 4) is 11.1 Å². The van der Waals surface area contributed by atoms with E-state index in [0.29, 0.717) is 37.3 Å². The highest BCUT2D eigenvalue weighted by Crippen LogP contribution is 2.35. The van der Waals surface area contributed by atoms with Gasteiger partial charge in [-0.15, -0.1) is 5.53 Å². The van der Waals surface area contributed by atoms with Crippen LogP contribution in [0.2, 0.25) is 0 Å². The number of hydrazine groups is 2. The van der Waals surface area contributed by atoms with Crippen LogP contribution in [0, 0.1) is 11.6 Å². The Morgan fingerprint density at radius 1 is 1.12 bits per heavy atom. The number of hydrogen-bond acceptors (Lipinski definition) is 8. The van der Waals surface area contributed by atoms with Crippen LogP contribution in [0.4, 0.5) is 8.78 Å². The Balaban J connectivity index is 1.33. The summed E-state index contributed by atoms with van der Waals surface area (Å²) in [7, 11) is -1.67. The van der Waals surface area contributed by atoms with Crippen LogP contribution >= 0.6 is 0 Å². The normalized spacial score (nSPS) is 21.7. The molecule has 0 radical (unpaired) electrons. The molecular formula is C23H25F2N5O3S. The summed E-state index contributed by atoms with van der Waals surface area (Å²) < 4.78 is 55.1. The van der Waals surface area contributed by atoms with Gasteiger partial charge in [-0.05, 0) is 37.7 Å². The minimum absolute atomic E-state index is 0.0491. The number of likely N-dealkylation sites (tertiary alicyclic amines) is 1. The number of benzene rings is 2. The Labute approximate surface area is 196 Å².